The molecule has 0 heterocycles. The van der Waals surface area contributed by atoms with Gasteiger partial charge in [-0.05, 0) is 225 Å². The minimum absolute atomic E-state index is 0.0366. The molecule has 0 bridgehead atoms. The third-order valence-electron chi connectivity index (χ3n) is 17.9. The van der Waals surface area contributed by atoms with Crippen molar-refractivity contribution in [1.82, 2.24) is 0 Å². The second-order valence-corrected chi connectivity index (χ2v) is 37.5. The molecule has 0 saturated carbocycles. The quantitative estimate of drug-likeness (QED) is 0.0554. The summed E-state index contributed by atoms with van der Waals surface area (Å²) < 4.78 is 49.7. The Hall–Kier alpha value is -0.360. The molecule has 0 aromatic heterocycles. The zero-order chi connectivity index (χ0) is 79.8. The highest BCUT2D eigenvalue weighted by atomic mass is 16.5. The number of hydrogen-bond donors (Lipinski definition) is 0. The maximum Gasteiger partial charge on any atom is 0.0649 e. The van der Waals surface area contributed by atoms with E-state index in [-0.39, 0.29) is 5.60 Å². The van der Waals surface area contributed by atoms with Gasteiger partial charge in [0.25, 0.3) is 0 Å². The van der Waals surface area contributed by atoms with E-state index in [2.05, 4.69) is 312 Å². The van der Waals surface area contributed by atoms with Crippen LogP contribution in [0.4, 0.5) is 0 Å². The van der Waals surface area contributed by atoms with Crippen LogP contribution in [0.1, 0.15) is 363 Å². The van der Waals surface area contributed by atoms with Gasteiger partial charge in [0.2, 0.25) is 0 Å². The first-order valence-electron chi connectivity index (χ1n) is 41.5. The van der Waals surface area contributed by atoms with Crippen molar-refractivity contribution in [2.45, 2.75) is 393 Å². The molecule has 0 aromatic rings. The van der Waals surface area contributed by atoms with Gasteiger partial charge in [-0.15, -0.1) is 0 Å². The van der Waals surface area contributed by atoms with Crippen LogP contribution in [0, 0.1) is 111 Å². The fourth-order valence-electron chi connectivity index (χ4n) is 6.57. The molecule has 0 aromatic carbocycles. The Labute approximate surface area is 629 Å². The lowest BCUT2D eigenvalue weighted by Gasteiger charge is -2.29. The van der Waals surface area contributed by atoms with Crippen LogP contribution >= 0.6 is 0 Å². The first kappa shape index (κ1) is 117. The summed E-state index contributed by atoms with van der Waals surface area (Å²) >= 11 is 0. The Bertz CT molecular complexity index is 1300. The highest BCUT2D eigenvalue weighted by Crippen LogP contribution is 2.30. The summed E-state index contributed by atoms with van der Waals surface area (Å²) in [5, 5.41) is 0. The van der Waals surface area contributed by atoms with Gasteiger partial charge in [-0.3, -0.25) is 0 Å². The Kier molecular flexibility index (Phi) is 88.1. The molecule has 0 radical (unpaired) electrons. The Morgan fingerprint density at radius 1 is 0.242 bits per heavy atom. The number of hydrogen-bond acceptors (Lipinski definition) is 9. The first-order valence-corrected chi connectivity index (χ1v) is 41.5. The van der Waals surface area contributed by atoms with Gasteiger partial charge in [0.05, 0.1) is 36.6 Å². The van der Waals surface area contributed by atoms with Crippen LogP contribution in [-0.4, -0.2) is 116 Å². The van der Waals surface area contributed by atoms with Crippen LogP contribution in [0.2, 0.25) is 0 Å². The molecule has 3 unspecified atom stereocenters. The molecule has 0 spiro atoms. The van der Waals surface area contributed by atoms with Gasteiger partial charge in [-0.25, -0.2) is 0 Å². The summed E-state index contributed by atoms with van der Waals surface area (Å²) in [7, 11) is 0. The van der Waals surface area contributed by atoms with E-state index in [0.717, 1.165) is 152 Å². The second kappa shape index (κ2) is 74.5. The van der Waals surface area contributed by atoms with Crippen molar-refractivity contribution in [3.63, 3.8) is 0 Å². The third-order valence-corrected chi connectivity index (χ3v) is 17.9. The lowest BCUT2D eigenvalue weighted by molar-refractivity contribution is -0.0537. The number of rotatable bonds is 45. The van der Waals surface area contributed by atoms with Crippen LogP contribution in [0.5, 0.6) is 0 Å². The van der Waals surface area contributed by atoms with Crippen LogP contribution in [-0.2, 0) is 42.6 Å². The highest BCUT2D eigenvalue weighted by Gasteiger charge is 2.24. The van der Waals surface area contributed by atoms with Gasteiger partial charge < -0.3 is 42.6 Å². The molecule has 9 heteroatoms. The van der Waals surface area contributed by atoms with E-state index in [1.54, 1.807) is 0 Å². The maximum absolute atomic E-state index is 5.80. The van der Waals surface area contributed by atoms with Crippen LogP contribution in [0.25, 0.3) is 0 Å². The molecule has 0 rings (SSSR count). The van der Waals surface area contributed by atoms with E-state index in [4.69, 9.17) is 42.6 Å². The van der Waals surface area contributed by atoms with Crippen molar-refractivity contribution in [3.8, 4) is 0 Å². The van der Waals surface area contributed by atoms with E-state index in [1.165, 1.54) is 38.5 Å². The normalized spacial score (nSPS) is 13.0. The van der Waals surface area contributed by atoms with Crippen molar-refractivity contribution < 1.29 is 42.6 Å². The molecule has 0 aliphatic carbocycles. The van der Waals surface area contributed by atoms with Gasteiger partial charge in [-0.1, -0.05) is 249 Å². The Morgan fingerprint density at radius 2 is 0.566 bits per heavy atom. The predicted molar refractivity (Wildman–Crippen MR) is 447 cm³/mol. The van der Waals surface area contributed by atoms with Crippen molar-refractivity contribution in [2.75, 3.05) is 85.9 Å². The van der Waals surface area contributed by atoms with E-state index in [1.807, 2.05) is 0 Å². The maximum atomic E-state index is 5.80. The van der Waals surface area contributed by atoms with E-state index < -0.39 is 0 Å². The van der Waals surface area contributed by atoms with Crippen LogP contribution < -0.4 is 0 Å². The summed E-state index contributed by atoms with van der Waals surface area (Å²) in [5.41, 5.74) is 0.763. The summed E-state index contributed by atoms with van der Waals surface area (Å²) in [4.78, 5) is 0. The van der Waals surface area contributed by atoms with Crippen LogP contribution in [0.15, 0.2) is 0 Å². The minimum atomic E-state index is 0.0366. The first-order chi connectivity index (χ1) is 45.1. The molecule has 612 valence electrons. The van der Waals surface area contributed by atoms with E-state index in [0.29, 0.717) is 82.6 Å². The standard InChI is InChI=1S/3C11H24O.3C10H22O.3C9H20O/c1-9(2)7-12-8-11(5,6)10(3)4;1-9(2)11(5,6)7-8-12-10(3)4;1-9(2)7-8-12-11(5,6)10(3)4;1-8(2)6-11-7-10(5)9(3)4;1-8(2)10(5)6-7-11-9(3)4;1-8(2)6-7-11-10(5)9(3)4;2*1-8(2)5-6-10-7-9(3)4;1-8(2)6-5-7-10-9(3)4/h3*9-10H,7-8H2,1-6H3;3*8-10H,6-7H2,1-5H3;3*8-9H,5-7H2,1-4H3. The van der Waals surface area contributed by atoms with Crippen molar-refractivity contribution in [2.24, 2.45) is 111 Å². The molecule has 3 atom stereocenters. The molecule has 0 fully saturated rings. The SMILES string of the molecule is CC(C)CCCOC(C)C.CC(C)CCOC(C)(C)C(C)C.CC(C)CCOC(C)C(C)C.CC(C)CCOCC(C)C.CC(C)CCOCC(C)C.CC(C)COCC(C)(C)C(C)C.CC(C)COCC(C)C(C)C.CC(C)OCCC(C)(C)C(C)C.CC(C)OCCC(C)C(C)C. The average Bonchev–Trinajstić information content (AvgIpc) is 1.10. The lowest BCUT2D eigenvalue weighted by atomic mass is 9.79. The summed E-state index contributed by atoms with van der Waals surface area (Å²) in [6.45, 7) is 111. The third kappa shape index (κ3) is 111. The van der Waals surface area contributed by atoms with Gasteiger partial charge >= 0.3 is 0 Å². The Morgan fingerprint density at radius 3 is 0.889 bits per heavy atom. The van der Waals surface area contributed by atoms with Crippen molar-refractivity contribution in [3.05, 3.63) is 0 Å². The van der Waals surface area contributed by atoms with Gasteiger partial charge in [0.1, 0.15) is 0 Å². The fraction of sp³-hybridized carbons (Fsp3) is 1.00. The molecule has 0 saturated heterocycles. The second-order valence-electron chi connectivity index (χ2n) is 37.5. The van der Waals surface area contributed by atoms with Gasteiger partial charge in [0.15, 0.2) is 0 Å². The number of ether oxygens (including phenoxy) is 9. The zero-order valence-electron chi connectivity index (χ0n) is 77.1. The van der Waals surface area contributed by atoms with E-state index >= 15 is 0 Å². The molecule has 9 nitrogen and oxygen atoms in total. The predicted octanol–water partition coefficient (Wildman–Crippen LogP) is 27.7. The molecule has 0 aliphatic heterocycles. The van der Waals surface area contributed by atoms with Gasteiger partial charge in [0, 0.05) is 79.3 Å². The highest BCUT2D eigenvalue weighted by molar-refractivity contribution is 4.74. The van der Waals surface area contributed by atoms with Crippen molar-refractivity contribution >= 4 is 0 Å². The monoisotopic (exact) mass is 1420 g/mol. The van der Waals surface area contributed by atoms with Crippen LogP contribution in [0.3, 0.4) is 0 Å². The molecule has 0 aliphatic rings. The topological polar surface area (TPSA) is 83.1 Å². The smallest absolute Gasteiger partial charge is 0.0649 e. The summed E-state index contributed by atoms with van der Waals surface area (Å²) in [6.07, 6.45) is 11.1. The van der Waals surface area contributed by atoms with E-state index in [9.17, 15) is 0 Å². The Balaban J connectivity index is -0.000000132. The molecule has 0 N–H and O–H groups in total. The molecule has 99 heavy (non-hydrogen) atoms. The zero-order valence-corrected chi connectivity index (χ0v) is 77.1. The fourth-order valence-corrected chi connectivity index (χ4v) is 6.57. The average molecular weight is 1420 g/mol. The summed E-state index contributed by atoms with van der Waals surface area (Å²) in [6, 6.07) is 0. The molecular formula is C90H198O9. The lowest BCUT2D eigenvalue weighted by Crippen LogP contribution is -2.31. The summed E-state index contributed by atoms with van der Waals surface area (Å²) in [5.74, 6) is 12.2. The van der Waals surface area contributed by atoms with Crippen molar-refractivity contribution in [1.29, 1.82) is 0 Å². The molecular weight excluding hydrogens is 1220 g/mol. The minimum Gasteiger partial charge on any atom is -0.381 e. The van der Waals surface area contributed by atoms with Gasteiger partial charge in [-0.2, -0.15) is 0 Å². The molecule has 0 amide bonds. The largest absolute Gasteiger partial charge is 0.381 e.